The number of phenolic OH excluding ortho intramolecular Hbond substituents is 1. The summed E-state index contributed by atoms with van der Waals surface area (Å²) in [6, 6.07) is 12.8. The molecule has 1 fully saturated rings. The van der Waals surface area contributed by atoms with Crippen molar-refractivity contribution in [3.05, 3.63) is 89.0 Å². The molecular weight excluding hydrogens is 745 g/mol. The predicted octanol–water partition coefficient (Wildman–Crippen LogP) is 8.15. The molecule has 1 unspecified atom stereocenters. The molecule has 1 saturated heterocycles. The number of hydrogen-bond donors (Lipinski definition) is 3. The summed E-state index contributed by atoms with van der Waals surface area (Å²) in [5, 5.41) is 17.6. The molecule has 1 aliphatic heterocycles. The maximum atomic E-state index is 13.2. The molecule has 0 bridgehead atoms. The maximum Gasteiger partial charge on any atom is 0.338 e. The van der Waals surface area contributed by atoms with Crippen molar-refractivity contribution in [3.8, 4) is 5.75 Å². The molecule has 0 radical (unpaired) electrons. The fourth-order valence-corrected chi connectivity index (χ4v) is 10.4. The summed E-state index contributed by atoms with van der Waals surface area (Å²) >= 11 is 0. The van der Waals surface area contributed by atoms with Gasteiger partial charge in [0.15, 0.2) is 0 Å². The third-order valence-electron chi connectivity index (χ3n) is 8.77. The van der Waals surface area contributed by atoms with Crippen molar-refractivity contribution in [1.82, 2.24) is 9.80 Å². The third-order valence-corrected chi connectivity index (χ3v) is 13.7. The molecule has 2 aromatic carbocycles. The molecule has 1 heterocycles. The van der Waals surface area contributed by atoms with Crippen LogP contribution < -0.4 is 10.6 Å². The van der Waals surface area contributed by atoms with Gasteiger partial charge in [-0.1, -0.05) is 85.7 Å². The first-order valence-corrected chi connectivity index (χ1v) is 23.1. The van der Waals surface area contributed by atoms with Gasteiger partial charge in [0.05, 0.1) is 11.0 Å². The Kier molecular flexibility index (Phi) is 18.3. The van der Waals surface area contributed by atoms with E-state index in [1.54, 1.807) is 33.7 Å². The second-order valence-corrected chi connectivity index (χ2v) is 18.9. The van der Waals surface area contributed by atoms with Crippen LogP contribution in [0, 0.1) is 0 Å². The molecule has 0 spiro atoms. The topological polar surface area (TPSA) is 111 Å². The highest BCUT2D eigenvalue weighted by Crippen LogP contribution is 2.50. The van der Waals surface area contributed by atoms with Crippen LogP contribution in [0.15, 0.2) is 77.9 Å². The van der Waals surface area contributed by atoms with Crippen LogP contribution in [0.5, 0.6) is 5.75 Å². The lowest BCUT2D eigenvalue weighted by Crippen LogP contribution is -2.43. The molecule has 1 aliphatic carbocycles. The Morgan fingerprint density at radius 2 is 1.36 bits per heavy atom. The monoisotopic (exact) mass is 798 g/mol. The Morgan fingerprint density at radius 1 is 0.774 bits per heavy atom. The number of ether oxygens (including phenoxy) is 1. The molecule has 53 heavy (non-hydrogen) atoms. The zero-order chi connectivity index (χ0) is 38.1. The van der Waals surface area contributed by atoms with Crippen molar-refractivity contribution in [2.45, 2.75) is 50.4 Å². The molecule has 1 atom stereocenters. The number of nitrogens with zero attached hydrogens (tertiary/aromatic N) is 2. The molecule has 4 rings (SSSR count). The van der Waals surface area contributed by atoms with Crippen molar-refractivity contribution < 1.29 is 24.2 Å². The van der Waals surface area contributed by atoms with Crippen LogP contribution in [0.2, 0.25) is 0 Å². The largest absolute Gasteiger partial charge is 0.508 e. The van der Waals surface area contributed by atoms with Crippen LogP contribution in [0.3, 0.4) is 0 Å². The highest BCUT2D eigenvalue weighted by Gasteiger charge is 2.47. The van der Waals surface area contributed by atoms with E-state index in [1.807, 2.05) is 64.1 Å². The number of fused-ring (bicyclic) bond motifs is 1. The highest BCUT2D eigenvalue weighted by molar-refractivity contribution is 8.77. The van der Waals surface area contributed by atoms with E-state index in [0.29, 0.717) is 48.2 Å². The lowest BCUT2D eigenvalue weighted by atomic mass is 9.65. The summed E-state index contributed by atoms with van der Waals surface area (Å²) in [6.07, 6.45) is 12.6. The first kappa shape index (κ1) is 42.9. The number of phenols is 1. The minimum Gasteiger partial charge on any atom is -0.508 e. The normalized spacial score (nSPS) is 18.9. The van der Waals surface area contributed by atoms with E-state index >= 15 is 0 Å². The zero-order valence-corrected chi connectivity index (χ0v) is 34.6. The van der Waals surface area contributed by atoms with Crippen molar-refractivity contribution >= 4 is 72.3 Å². The molecular formula is C40H54N4O5S4. The van der Waals surface area contributed by atoms with E-state index in [1.165, 1.54) is 0 Å². The molecule has 9 nitrogen and oxygen atoms in total. The number of carbonyl (C=O) groups excluding carboxylic acids is 3. The SMILES string of the molecule is CN(C)CCSSCCCC(=O)Nc1ccc(C2(c3ccc(NC(=O)CCCSSCCN(C)C)cc3O)COC(=O)C3=CC/C=C\CC/C=C\32)cc1. The van der Waals surface area contributed by atoms with Gasteiger partial charge in [0.2, 0.25) is 11.8 Å². The van der Waals surface area contributed by atoms with E-state index < -0.39 is 11.4 Å². The molecule has 2 amide bonds. The average Bonchev–Trinajstić information content (AvgIpc) is 3.25. The molecule has 2 aliphatic rings. The summed E-state index contributed by atoms with van der Waals surface area (Å²) < 4.78 is 5.90. The molecule has 0 aromatic heterocycles. The van der Waals surface area contributed by atoms with Crippen LogP contribution in [0.25, 0.3) is 0 Å². The van der Waals surface area contributed by atoms with E-state index in [2.05, 4.69) is 60.8 Å². The Bertz CT molecular complexity index is 1610. The minimum absolute atomic E-state index is 0.0121. The number of cyclic esters (lactones) is 1. The van der Waals surface area contributed by atoms with Gasteiger partial charge >= 0.3 is 5.97 Å². The van der Waals surface area contributed by atoms with Crippen LogP contribution in [0.4, 0.5) is 11.4 Å². The van der Waals surface area contributed by atoms with Crippen LogP contribution in [-0.4, -0.2) is 104 Å². The first-order valence-electron chi connectivity index (χ1n) is 18.2. The quantitative estimate of drug-likeness (QED) is 0.0523. The number of allylic oxidation sites excluding steroid dienone is 4. The number of nitrogens with one attached hydrogen (secondary N) is 2. The second-order valence-electron chi connectivity index (χ2n) is 13.5. The lowest BCUT2D eigenvalue weighted by Gasteiger charge is -2.41. The van der Waals surface area contributed by atoms with Crippen molar-refractivity contribution in [1.29, 1.82) is 0 Å². The Morgan fingerprint density at radius 3 is 1.96 bits per heavy atom. The number of anilines is 2. The smallest absolute Gasteiger partial charge is 0.338 e. The van der Waals surface area contributed by atoms with Crippen LogP contribution in [-0.2, 0) is 24.5 Å². The zero-order valence-electron chi connectivity index (χ0n) is 31.4. The van der Waals surface area contributed by atoms with Crippen molar-refractivity contribution in [2.24, 2.45) is 0 Å². The third kappa shape index (κ3) is 13.5. The minimum atomic E-state index is -1.03. The number of benzene rings is 2. The Labute approximate surface area is 331 Å². The van der Waals surface area contributed by atoms with E-state index in [4.69, 9.17) is 4.74 Å². The maximum absolute atomic E-state index is 13.2. The first-order chi connectivity index (χ1) is 25.6. The van der Waals surface area contributed by atoms with E-state index in [0.717, 1.165) is 66.5 Å². The average molecular weight is 799 g/mol. The number of rotatable bonds is 20. The fourth-order valence-electron chi connectivity index (χ4n) is 6.00. The molecule has 13 heteroatoms. The van der Waals surface area contributed by atoms with E-state index in [-0.39, 0.29) is 24.2 Å². The van der Waals surface area contributed by atoms with E-state index in [9.17, 15) is 19.5 Å². The predicted molar refractivity (Wildman–Crippen MR) is 228 cm³/mol. The van der Waals surface area contributed by atoms with Gasteiger partial charge in [0.1, 0.15) is 12.4 Å². The summed E-state index contributed by atoms with van der Waals surface area (Å²) in [7, 11) is 15.5. The number of carbonyl (C=O) groups is 3. The Hall–Kier alpha value is -2.81. The summed E-state index contributed by atoms with van der Waals surface area (Å²) in [5.74, 6) is 3.34. The second kappa shape index (κ2) is 22.5. The van der Waals surface area contributed by atoms with Gasteiger partial charge in [-0.25, -0.2) is 4.79 Å². The summed E-state index contributed by atoms with van der Waals surface area (Å²) in [5.41, 5.74) is 2.78. The number of esters is 1. The van der Waals surface area contributed by atoms with Crippen molar-refractivity contribution in [2.75, 3.05) is 81.5 Å². The molecule has 2 aromatic rings. The molecule has 0 saturated carbocycles. The van der Waals surface area contributed by atoms with Gasteiger partial charge in [-0.2, -0.15) is 0 Å². The van der Waals surface area contributed by atoms with Crippen LogP contribution >= 0.6 is 43.2 Å². The van der Waals surface area contributed by atoms with Gasteiger partial charge in [-0.3, -0.25) is 9.59 Å². The van der Waals surface area contributed by atoms with Crippen LogP contribution in [0.1, 0.15) is 56.1 Å². The van der Waals surface area contributed by atoms with Gasteiger partial charge < -0.3 is 30.3 Å². The highest BCUT2D eigenvalue weighted by atomic mass is 33.1. The fraction of sp³-hybridized carbons (Fsp3) is 0.475. The van der Waals surface area contributed by atoms with Gasteiger partial charge in [-0.05, 0) is 89.6 Å². The standard InChI is InChI=1S/C40H54N4O5S4/c1-43(2)22-26-52-50-24-10-14-37(46)41-31-18-16-30(17-19-31)40(29-49-39(48)33-12-8-6-5-7-9-13-34(33)40)35-21-20-32(28-36(35)45)42-38(47)15-11-25-51-53-27-23-44(3)4/h5-6,12-13,16-21,28,45H,7-11,14-15,22-27,29H2,1-4H3,(H,41,46)(H,42,47)/b6-5-,33-12?,34-13+. The number of hydrogen-bond acceptors (Lipinski definition) is 11. The van der Waals surface area contributed by atoms with Gasteiger partial charge in [0, 0.05) is 71.9 Å². The van der Waals surface area contributed by atoms with Crippen molar-refractivity contribution in [3.63, 3.8) is 0 Å². The molecule has 288 valence electrons. The van der Waals surface area contributed by atoms with Gasteiger partial charge in [0.25, 0.3) is 0 Å². The summed E-state index contributed by atoms with van der Waals surface area (Å²) in [6.45, 7) is 2.04. The number of amides is 2. The molecule has 3 N–H and O–H groups in total. The Balaban J connectivity index is 1.50. The van der Waals surface area contributed by atoms with Gasteiger partial charge in [-0.15, -0.1) is 0 Å². The summed E-state index contributed by atoms with van der Waals surface area (Å²) in [4.78, 5) is 43.2. The number of aromatic hydroxyl groups is 1. The lowest BCUT2D eigenvalue weighted by molar-refractivity contribution is -0.141.